The summed E-state index contributed by atoms with van der Waals surface area (Å²) in [5, 5.41) is 1.10. The summed E-state index contributed by atoms with van der Waals surface area (Å²) < 4.78 is 13.6. The maximum absolute atomic E-state index is 13.6. The van der Waals surface area contributed by atoms with E-state index in [0.717, 1.165) is 42.4 Å². The van der Waals surface area contributed by atoms with Crippen LogP contribution in [0.15, 0.2) is 18.2 Å². The summed E-state index contributed by atoms with van der Waals surface area (Å²) in [6.07, 6.45) is 6.52. The Kier molecular flexibility index (Phi) is 4.30. The fraction of sp³-hybridized carbons (Fsp3) is 0.571. The van der Waals surface area contributed by atoms with Gasteiger partial charge in [-0.05, 0) is 48.9 Å². The first-order chi connectivity index (χ1) is 12.1. The number of fused-ring (bicyclic) bond motifs is 3. The number of aromatic amines is 1. The van der Waals surface area contributed by atoms with E-state index in [1.54, 1.807) is 6.07 Å². The molecule has 1 aromatic carbocycles. The first kappa shape index (κ1) is 16.6. The van der Waals surface area contributed by atoms with Gasteiger partial charge in [-0.25, -0.2) is 4.39 Å². The van der Waals surface area contributed by atoms with Gasteiger partial charge in [0, 0.05) is 29.1 Å². The number of amides is 1. The summed E-state index contributed by atoms with van der Waals surface area (Å²) in [5.41, 5.74) is 3.23. The van der Waals surface area contributed by atoms with Gasteiger partial charge in [0.25, 0.3) is 0 Å². The fourth-order valence-electron chi connectivity index (χ4n) is 4.82. The third-order valence-electron chi connectivity index (χ3n) is 6.00. The zero-order valence-electron chi connectivity index (χ0n) is 15.1. The molecule has 1 aliphatic heterocycles. The molecule has 1 amide bonds. The summed E-state index contributed by atoms with van der Waals surface area (Å²) in [6.45, 7) is 5.12. The first-order valence-electron chi connectivity index (χ1n) is 9.66. The number of carbonyl (C=O) groups is 1. The normalized spacial score (nSPS) is 21.8. The molecule has 0 spiro atoms. The SMILES string of the molecule is CC(C)C1c2[nH]c3cc(F)ccc3c2CCN1C(=O)C1CCCCC1. The van der Waals surface area contributed by atoms with Crippen LogP contribution in [0.5, 0.6) is 0 Å². The van der Waals surface area contributed by atoms with E-state index < -0.39 is 0 Å². The van der Waals surface area contributed by atoms with Gasteiger partial charge in [0.15, 0.2) is 0 Å². The Morgan fingerprint density at radius 1 is 1.24 bits per heavy atom. The third kappa shape index (κ3) is 2.86. The molecule has 1 atom stereocenters. The van der Waals surface area contributed by atoms with Crippen molar-refractivity contribution in [2.45, 2.75) is 58.4 Å². The summed E-state index contributed by atoms with van der Waals surface area (Å²) in [7, 11) is 0. The van der Waals surface area contributed by atoms with Gasteiger partial charge in [-0.1, -0.05) is 33.1 Å². The highest BCUT2D eigenvalue weighted by atomic mass is 19.1. The molecule has 1 fully saturated rings. The van der Waals surface area contributed by atoms with E-state index in [1.807, 2.05) is 6.07 Å². The molecule has 2 heterocycles. The lowest BCUT2D eigenvalue weighted by Crippen LogP contribution is -2.45. The smallest absolute Gasteiger partial charge is 0.226 e. The van der Waals surface area contributed by atoms with Gasteiger partial charge in [0.05, 0.1) is 6.04 Å². The van der Waals surface area contributed by atoms with Gasteiger partial charge in [-0.2, -0.15) is 0 Å². The molecule has 4 rings (SSSR count). The molecule has 25 heavy (non-hydrogen) atoms. The quantitative estimate of drug-likeness (QED) is 0.822. The van der Waals surface area contributed by atoms with Gasteiger partial charge < -0.3 is 9.88 Å². The van der Waals surface area contributed by atoms with Crippen molar-refractivity contribution in [3.8, 4) is 0 Å². The van der Waals surface area contributed by atoms with Gasteiger partial charge >= 0.3 is 0 Å². The van der Waals surface area contributed by atoms with Crippen LogP contribution in [0.1, 0.15) is 63.3 Å². The Morgan fingerprint density at radius 3 is 2.72 bits per heavy atom. The Bertz CT molecular complexity index is 789. The minimum atomic E-state index is -0.220. The summed E-state index contributed by atoms with van der Waals surface area (Å²) in [6, 6.07) is 5.03. The number of benzene rings is 1. The Hall–Kier alpha value is -1.84. The van der Waals surface area contributed by atoms with Gasteiger partial charge in [-0.15, -0.1) is 0 Å². The molecule has 4 heteroatoms. The van der Waals surface area contributed by atoms with Gasteiger partial charge in [0.2, 0.25) is 5.91 Å². The molecule has 1 unspecified atom stereocenters. The highest BCUT2D eigenvalue weighted by Gasteiger charge is 2.37. The largest absolute Gasteiger partial charge is 0.356 e. The highest BCUT2D eigenvalue weighted by molar-refractivity contribution is 5.86. The zero-order valence-corrected chi connectivity index (χ0v) is 15.1. The van der Waals surface area contributed by atoms with E-state index in [-0.39, 0.29) is 17.8 Å². The number of nitrogens with zero attached hydrogens (tertiary/aromatic N) is 1. The number of H-pyrrole nitrogens is 1. The van der Waals surface area contributed by atoms with Crippen molar-refractivity contribution < 1.29 is 9.18 Å². The molecule has 1 aliphatic carbocycles. The van der Waals surface area contributed by atoms with Crippen LogP contribution in [-0.4, -0.2) is 22.3 Å². The monoisotopic (exact) mass is 342 g/mol. The Morgan fingerprint density at radius 2 is 2.00 bits per heavy atom. The minimum absolute atomic E-state index is 0.0636. The average Bonchev–Trinajstić information content (AvgIpc) is 2.98. The molecule has 2 aliphatic rings. The lowest BCUT2D eigenvalue weighted by atomic mass is 9.85. The van der Waals surface area contributed by atoms with Crippen LogP contribution in [0.3, 0.4) is 0 Å². The molecule has 0 radical (unpaired) electrons. The van der Waals surface area contributed by atoms with E-state index >= 15 is 0 Å². The standard InChI is InChI=1S/C21H27FN2O/c1-13(2)20-19-17(16-9-8-15(22)12-18(16)23-19)10-11-24(20)21(25)14-6-4-3-5-7-14/h8-9,12-14,20,23H,3-7,10-11H2,1-2H3. The van der Waals surface area contributed by atoms with Crippen LogP contribution >= 0.6 is 0 Å². The Balaban J connectivity index is 1.72. The van der Waals surface area contributed by atoms with Crippen molar-refractivity contribution in [3.63, 3.8) is 0 Å². The third-order valence-corrected chi connectivity index (χ3v) is 6.00. The van der Waals surface area contributed by atoms with Crippen molar-refractivity contribution in [1.82, 2.24) is 9.88 Å². The van der Waals surface area contributed by atoms with Crippen molar-refractivity contribution >= 4 is 16.8 Å². The van der Waals surface area contributed by atoms with Crippen molar-refractivity contribution in [2.75, 3.05) is 6.54 Å². The Labute approximate surface area is 148 Å². The topological polar surface area (TPSA) is 36.1 Å². The van der Waals surface area contributed by atoms with Crippen molar-refractivity contribution in [1.29, 1.82) is 0 Å². The number of nitrogens with one attached hydrogen (secondary N) is 1. The van der Waals surface area contributed by atoms with Crippen LogP contribution < -0.4 is 0 Å². The van der Waals surface area contributed by atoms with Crippen LogP contribution in [0.4, 0.5) is 4.39 Å². The maximum atomic E-state index is 13.6. The lowest BCUT2D eigenvalue weighted by Gasteiger charge is -2.40. The molecule has 134 valence electrons. The van der Waals surface area contributed by atoms with Crippen LogP contribution in [0.2, 0.25) is 0 Å². The van der Waals surface area contributed by atoms with E-state index in [2.05, 4.69) is 23.7 Å². The molecular formula is C21H27FN2O. The van der Waals surface area contributed by atoms with Crippen LogP contribution in [0.25, 0.3) is 10.9 Å². The summed E-state index contributed by atoms with van der Waals surface area (Å²) >= 11 is 0. The second-order valence-electron chi connectivity index (χ2n) is 8.01. The zero-order chi connectivity index (χ0) is 17.6. The molecule has 2 aromatic rings. The number of rotatable bonds is 2. The van der Waals surface area contributed by atoms with Crippen LogP contribution in [-0.2, 0) is 11.2 Å². The lowest BCUT2D eigenvalue weighted by molar-refractivity contribution is -0.140. The first-order valence-corrected chi connectivity index (χ1v) is 9.66. The van der Waals surface area contributed by atoms with Crippen LogP contribution in [0, 0.1) is 17.7 Å². The van der Waals surface area contributed by atoms with Gasteiger partial charge in [0.1, 0.15) is 5.82 Å². The highest BCUT2D eigenvalue weighted by Crippen LogP contribution is 2.40. The van der Waals surface area contributed by atoms with E-state index in [0.29, 0.717) is 11.8 Å². The van der Waals surface area contributed by atoms with Crippen molar-refractivity contribution in [2.24, 2.45) is 11.8 Å². The molecule has 3 nitrogen and oxygen atoms in total. The molecule has 1 aromatic heterocycles. The number of aromatic nitrogens is 1. The summed E-state index contributed by atoms with van der Waals surface area (Å²) in [4.78, 5) is 18.7. The second kappa shape index (κ2) is 6.47. The number of hydrogen-bond acceptors (Lipinski definition) is 1. The van der Waals surface area contributed by atoms with E-state index in [1.165, 1.54) is 30.9 Å². The number of hydrogen-bond donors (Lipinski definition) is 1. The molecule has 1 N–H and O–H groups in total. The van der Waals surface area contributed by atoms with Crippen molar-refractivity contribution in [3.05, 3.63) is 35.3 Å². The number of halogens is 1. The minimum Gasteiger partial charge on any atom is -0.356 e. The second-order valence-corrected chi connectivity index (χ2v) is 8.01. The molecule has 0 bridgehead atoms. The number of carbonyl (C=O) groups excluding carboxylic acids is 1. The summed E-state index contributed by atoms with van der Waals surface area (Å²) in [5.74, 6) is 0.624. The predicted molar refractivity (Wildman–Crippen MR) is 97.8 cm³/mol. The predicted octanol–water partition coefficient (Wildman–Crippen LogP) is 4.97. The molecule has 1 saturated carbocycles. The van der Waals surface area contributed by atoms with E-state index in [4.69, 9.17) is 0 Å². The average molecular weight is 342 g/mol. The molecule has 0 saturated heterocycles. The maximum Gasteiger partial charge on any atom is 0.226 e. The van der Waals surface area contributed by atoms with Gasteiger partial charge in [-0.3, -0.25) is 4.79 Å². The fourth-order valence-corrected chi connectivity index (χ4v) is 4.82. The van der Waals surface area contributed by atoms with E-state index in [9.17, 15) is 9.18 Å². The molecular weight excluding hydrogens is 315 g/mol.